The Balaban J connectivity index is 2.61. The molecule has 0 heterocycles. The van der Waals surface area contributed by atoms with Crippen molar-refractivity contribution in [2.24, 2.45) is 0 Å². The predicted octanol–water partition coefficient (Wildman–Crippen LogP) is 3.73. The van der Waals surface area contributed by atoms with Gasteiger partial charge in [-0.05, 0) is 12.1 Å². The van der Waals surface area contributed by atoms with Crippen molar-refractivity contribution in [1.82, 2.24) is 0 Å². The SMILES string of the molecule is O=C(O)C=CCSc1c(Cl)cccc1Cl. The van der Waals surface area contributed by atoms with Crippen LogP contribution >= 0.6 is 35.0 Å². The highest BCUT2D eigenvalue weighted by Gasteiger charge is 2.04. The smallest absolute Gasteiger partial charge is 0.328 e. The normalized spacial score (nSPS) is 10.8. The number of hydrogen-bond acceptors (Lipinski definition) is 2. The monoisotopic (exact) mass is 262 g/mol. The van der Waals surface area contributed by atoms with E-state index in [1.54, 1.807) is 24.3 Å². The Morgan fingerprint density at radius 3 is 2.53 bits per heavy atom. The lowest BCUT2D eigenvalue weighted by atomic mass is 10.4. The van der Waals surface area contributed by atoms with Crippen LogP contribution in [0.5, 0.6) is 0 Å². The maximum Gasteiger partial charge on any atom is 0.328 e. The van der Waals surface area contributed by atoms with Crippen LogP contribution in [-0.2, 0) is 4.79 Å². The van der Waals surface area contributed by atoms with Crippen molar-refractivity contribution in [1.29, 1.82) is 0 Å². The standard InChI is InChI=1S/C10H8Cl2O2S/c11-7-3-1-4-8(12)10(7)15-6-2-5-9(13)14/h1-5H,6H2,(H,13,14). The summed E-state index contributed by atoms with van der Waals surface area (Å²) in [7, 11) is 0. The number of benzene rings is 1. The van der Waals surface area contributed by atoms with Gasteiger partial charge in [0.05, 0.1) is 10.0 Å². The molecule has 0 saturated heterocycles. The zero-order valence-corrected chi connectivity index (χ0v) is 9.94. The van der Waals surface area contributed by atoms with Gasteiger partial charge in [0.25, 0.3) is 0 Å². The largest absolute Gasteiger partial charge is 0.478 e. The Labute approximate surface area is 102 Å². The molecule has 1 rings (SSSR count). The minimum absolute atomic E-state index is 0.524. The van der Waals surface area contributed by atoms with Gasteiger partial charge < -0.3 is 5.11 Å². The van der Waals surface area contributed by atoms with E-state index in [-0.39, 0.29) is 0 Å². The van der Waals surface area contributed by atoms with E-state index >= 15 is 0 Å². The average Bonchev–Trinajstić information content (AvgIpc) is 2.15. The number of rotatable bonds is 4. The molecule has 80 valence electrons. The highest BCUT2D eigenvalue weighted by Crippen LogP contribution is 2.33. The average molecular weight is 263 g/mol. The Bertz CT molecular complexity index is 371. The van der Waals surface area contributed by atoms with Crippen molar-refractivity contribution >= 4 is 40.9 Å². The lowest BCUT2D eigenvalue weighted by Crippen LogP contribution is -1.86. The summed E-state index contributed by atoms with van der Waals surface area (Å²) in [5.41, 5.74) is 0. The van der Waals surface area contributed by atoms with Crippen LogP contribution in [0.1, 0.15) is 0 Å². The molecule has 0 amide bonds. The molecular weight excluding hydrogens is 255 g/mol. The highest BCUT2D eigenvalue weighted by molar-refractivity contribution is 7.99. The summed E-state index contributed by atoms with van der Waals surface area (Å²) in [6.45, 7) is 0. The van der Waals surface area contributed by atoms with Gasteiger partial charge in [-0.25, -0.2) is 4.79 Å². The Morgan fingerprint density at radius 1 is 1.40 bits per heavy atom. The van der Waals surface area contributed by atoms with E-state index in [1.165, 1.54) is 11.8 Å². The van der Waals surface area contributed by atoms with Gasteiger partial charge in [-0.15, -0.1) is 11.8 Å². The van der Waals surface area contributed by atoms with E-state index in [1.807, 2.05) is 0 Å². The van der Waals surface area contributed by atoms with Crippen LogP contribution in [0, 0.1) is 0 Å². The number of carboxylic acids is 1. The van der Waals surface area contributed by atoms with E-state index in [9.17, 15) is 4.79 Å². The van der Waals surface area contributed by atoms with Gasteiger partial charge in [-0.2, -0.15) is 0 Å². The van der Waals surface area contributed by atoms with Crippen molar-refractivity contribution in [3.05, 3.63) is 40.4 Å². The molecular formula is C10H8Cl2O2S. The van der Waals surface area contributed by atoms with Gasteiger partial charge in [0.2, 0.25) is 0 Å². The van der Waals surface area contributed by atoms with Crippen LogP contribution in [0.15, 0.2) is 35.2 Å². The molecule has 1 aromatic rings. The van der Waals surface area contributed by atoms with Gasteiger partial charge in [0, 0.05) is 16.7 Å². The van der Waals surface area contributed by atoms with Gasteiger partial charge in [-0.3, -0.25) is 0 Å². The minimum Gasteiger partial charge on any atom is -0.478 e. The van der Waals surface area contributed by atoms with E-state index < -0.39 is 5.97 Å². The molecule has 0 aliphatic carbocycles. The third kappa shape index (κ3) is 4.16. The highest BCUT2D eigenvalue weighted by atomic mass is 35.5. The molecule has 0 aliphatic heterocycles. The summed E-state index contributed by atoms with van der Waals surface area (Å²) in [5, 5.41) is 9.53. The fraction of sp³-hybridized carbons (Fsp3) is 0.100. The number of carbonyl (C=O) groups is 1. The molecule has 0 atom stereocenters. The molecule has 1 N–H and O–H groups in total. The van der Waals surface area contributed by atoms with Crippen LogP contribution in [0.2, 0.25) is 10.0 Å². The first-order valence-electron chi connectivity index (χ1n) is 4.07. The second-order valence-electron chi connectivity index (χ2n) is 2.60. The van der Waals surface area contributed by atoms with Gasteiger partial charge in [-0.1, -0.05) is 35.3 Å². The molecule has 0 fully saturated rings. The molecule has 1 aromatic carbocycles. The summed E-state index contributed by atoms with van der Waals surface area (Å²) in [4.78, 5) is 11.0. The lowest BCUT2D eigenvalue weighted by Gasteiger charge is -2.03. The third-order valence-corrected chi connectivity index (χ3v) is 3.44. The first kappa shape index (κ1) is 12.4. The first-order valence-corrected chi connectivity index (χ1v) is 5.81. The maximum absolute atomic E-state index is 10.2. The second kappa shape index (κ2) is 6.05. The van der Waals surface area contributed by atoms with E-state index in [2.05, 4.69) is 0 Å². The molecule has 0 radical (unpaired) electrons. The van der Waals surface area contributed by atoms with Gasteiger partial charge >= 0.3 is 5.97 Å². The van der Waals surface area contributed by atoms with Crippen LogP contribution < -0.4 is 0 Å². The molecule has 0 unspecified atom stereocenters. The number of hydrogen-bond donors (Lipinski definition) is 1. The molecule has 0 aromatic heterocycles. The van der Waals surface area contributed by atoms with Crippen LogP contribution in [0.3, 0.4) is 0 Å². The molecule has 0 spiro atoms. The zero-order valence-electron chi connectivity index (χ0n) is 7.61. The Hall–Kier alpha value is -0.640. The number of carboxylic acid groups (broad SMARTS) is 1. The van der Waals surface area contributed by atoms with E-state index in [0.29, 0.717) is 15.8 Å². The maximum atomic E-state index is 10.2. The predicted molar refractivity (Wildman–Crippen MR) is 64.0 cm³/mol. The fourth-order valence-electron chi connectivity index (χ4n) is 0.901. The zero-order chi connectivity index (χ0) is 11.3. The summed E-state index contributed by atoms with van der Waals surface area (Å²) < 4.78 is 0. The molecule has 0 bridgehead atoms. The van der Waals surface area contributed by atoms with Crippen molar-refractivity contribution < 1.29 is 9.90 Å². The minimum atomic E-state index is -0.958. The molecule has 0 saturated carbocycles. The summed E-state index contributed by atoms with van der Waals surface area (Å²) >= 11 is 13.3. The topological polar surface area (TPSA) is 37.3 Å². The third-order valence-electron chi connectivity index (χ3n) is 1.50. The Morgan fingerprint density at radius 2 is 2.00 bits per heavy atom. The van der Waals surface area contributed by atoms with Crippen LogP contribution in [-0.4, -0.2) is 16.8 Å². The van der Waals surface area contributed by atoms with E-state index in [0.717, 1.165) is 11.0 Å². The molecule has 0 aliphatic rings. The van der Waals surface area contributed by atoms with Crippen molar-refractivity contribution in [2.75, 3.05) is 5.75 Å². The Kier molecular flexibility index (Phi) is 5.02. The number of thioether (sulfide) groups is 1. The molecule has 2 nitrogen and oxygen atoms in total. The van der Waals surface area contributed by atoms with Gasteiger partial charge in [0.15, 0.2) is 0 Å². The molecule has 5 heteroatoms. The van der Waals surface area contributed by atoms with Crippen LogP contribution in [0.25, 0.3) is 0 Å². The number of halogens is 2. The number of aliphatic carboxylic acids is 1. The lowest BCUT2D eigenvalue weighted by molar-refractivity contribution is -0.131. The van der Waals surface area contributed by atoms with Crippen molar-refractivity contribution in [3.8, 4) is 0 Å². The van der Waals surface area contributed by atoms with Crippen LogP contribution in [0.4, 0.5) is 0 Å². The van der Waals surface area contributed by atoms with Crippen molar-refractivity contribution in [3.63, 3.8) is 0 Å². The summed E-state index contributed by atoms with van der Waals surface area (Å²) in [5.74, 6) is -0.434. The first-order chi connectivity index (χ1) is 7.11. The summed E-state index contributed by atoms with van der Waals surface area (Å²) in [6, 6.07) is 5.26. The van der Waals surface area contributed by atoms with Gasteiger partial charge in [0.1, 0.15) is 0 Å². The second-order valence-corrected chi connectivity index (χ2v) is 4.45. The fourth-order valence-corrected chi connectivity index (χ4v) is 2.40. The quantitative estimate of drug-likeness (QED) is 0.664. The molecule has 15 heavy (non-hydrogen) atoms. The van der Waals surface area contributed by atoms with E-state index in [4.69, 9.17) is 28.3 Å². The summed E-state index contributed by atoms with van der Waals surface area (Å²) in [6.07, 6.45) is 2.64. The van der Waals surface area contributed by atoms with Crippen molar-refractivity contribution in [2.45, 2.75) is 4.90 Å².